The number of hydrogen-bond acceptors (Lipinski definition) is 4. The van der Waals surface area contributed by atoms with E-state index in [1.165, 1.54) is 0 Å². The summed E-state index contributed by atoms with van der Waals surface area (Å²) < 4.78 is 5.34. The number of morpholine rings is 1. The minimum atomic E-state index is 0.114. The zero-order valence-electron chi connectivity index (χ0n) is 11.4. The van der Waals surface area contributed by atoms with E-state index in [4.69, 9.17) is 15.9 Å². The number of rotatable bonds is 5. The average molecular weight is 262 g/mol. The van der Waals surface area contributed by atoms with E-state index in [9.17, 15) is 0 Å². The lowest BCUT2D eigenvalue weighted by molar-refractivity contribution is 0.0393. The molecule has 1 aliphatic rings. The summed E-state index contributed by atoms with van der Waals surface area (Å²) in [6, 6.07) is 7.81. The number of anilines is 1. The number of likely N-dealkylation sites (N-methyl/N-ethyl adjacent to an activating group) is 1. The molecule has 1 heterocycles. The third kappa shape index (κ3) is 3.94. The van der Waals surface area contributed by atoms with Gasteiger partial charge in [0.15, 0.2) is 0 Å². The standard InChI is InChI=1S/C14H22N4O/c1-17(5-6-18-7-9-19-10-8-18)13-4-2-3-12(11-13)14(15)16/h2-4,11H,5-10H2,1H3,(H3,15,16). The Morgan fingerprint density at radius 2 is 2.16 bits per heavy atom. The van der Waals surface area contributed by atoms with Crippen LogP contribution in [0, 0.1) is 5.41 Å². The van der Waals surface area contributed by atoms with Gasteiger partial charge in [-0.15, -0.1) is 0 Å². The monoisotopic (exact) mass is 262 g/mol. The molecule has 0 aliphatic carbocycles. The van der Waals surface area contributed by atoms with Crippen molar-refractivity contribution in [2.45, 2.75) is 0 Å². The van der Waals surface area contributed by atoms with Crippen molar-refractivity contribution in [3.63, 3.8) is 0 Å². The lowest BCUT2D eigenvalue weighted by atomic mass is 10.2. The smallest absolute Gasteiger partial charge is 0.122 e. The van der Waals surface area contributed by atoms with Crippen molar-refractivity contribution in [3.8, 4) is 0 Å². The van der Waals surface area contributed by atoms with E-state index in [-0.39, 0.29) is 5.84 Å². The van der Waals surface area contributed by atoms with Crippen LogP contribution in [-0.2, 0) is 4.74 Å². The Kier molecular flexibility index (Phi) is 4.76. The summed E-state index contributed by atoms with van der Waals surface area (Å²) in [5.41, 5.74) is 7.39. The topological polar surface area (TPSA) is 65.6 Å². The largest absolute Gasteiger partial charge is 0.384 e. The second kappa shape index (κ2) is 6.54. The van der Waals surface area contributed by atoms with Crippen LogP contribution in [0.1, 0.15) is 5.56 Å². The molecule has 0 unspecified atom stereocenters. The van der Waals surface area contributed by atoms with Crippen molar-refractivity contribution < 1.29 is 4.74 Å². The number of nitrogens with one attached hydrogen (secondary N) is 1. The molecule has 104 valence electrons. The molecule has 0 aromatic heterocycles. The maximum absolute atomic E-state index is 7.47. The number of benzene rings is 1. The highest BCUT2D eigenvalue weighted by atomic mass is 16.5. The number of amidine groups is 1. The molecule has 0 bridgehead atoms. The Bertz CT molecular complexity index is 429. The van der Waals surface area contributed by atoms with Crippen LogP contribution in [0.5, 0.6) is 0 Å². The highest BCUT2D eigenvalue weighted by molar-refractivity contribution is 5.95. The molecular weight excluding hydrogens is 240 g/mol. The number of nitrogens with zero attached hydrogens (tertiary/aromatic N) is 2. The molecule has 5 nitrogen and oxygen atoms in total. The summed E-state index contributed by atoms with van der Waals surface area (Å²) in [7, 11) is 2.07. The van der Waals surface area contributed by atoms with E-state index in [2.05, 4.69) is 16.8 Å². The van der Waals surface area contributed by atoms with Crippen LogP contribution in [0.15, 0.2) is 24.3 Å². The molecule has 19 heavy (non-hydrogen) atoms. The molecule has 1 aromatic rings. The van der Waals surface area contributed by atoms with Crippen LogP contribution in [0.25, 0.3) is 0 Å². The number of ether oxygens (including phenoxy) is 1. The van der Waals surface area contributed by atoms with Crippen molar-refractivity contribution >= 4 is 11.5 Å². The molecule has 1 aromatic carbocycles. The average Bonchev–Trinajstić information content (AvgIpc) is 2.46. The van der Waals surface area contributed by atoms with E-state index >= 15 is 0 Å². The summed E-state index contributed by atoms with van der Waals surface area (Å²) >= 11 is 0. The predicted molar refractivity (Wildman–Crippen MR) is 78.0 cm³/mol. The van der Waals surface area contributed by atoms with Gasteiger partial charge in [-0.2, -0.15) is 0 Å². The first-order valence-corrected chi connectivity index (χ1v) is 6.62. The molecular formula is C14H22N4O. The normalized spacial score (nSPS) is 16.3. The molecule has 0 spiro atoms. The lowest BCUT2D eigenvalue weighted by Crippen LogP contribution is -2.40. The van der Waals surface area contributed by atoms with Crippen molar-refractivity contribution in [3.05, 3.63) is 29.8 Å². The number of hydrogen-bond donors (Lipinski definition) is 2. The van der Waals surface area contributed by atoms with Gasteiger partial charge < -0.3 is 15.4 Å². The zero-order valence-corrected chi connectivity index (χ0v) is 11.4. The second-order valence-electron chi connectivity index (χ2n) is 4.84. The summed E-state index contributed by atoms with van der Waals surface area (Å²) in [6.07, 6.45) is 0. The molecule has 2 rings (SSSR count). The van der Waals surface area contributed by atoms with Gasteiger partial charge in [0.05, 0.1) is 13.2 Å². The maximum atomic E-state index is 7.47. The summed E-state index contributed by atoms with van der Waals surface area (Å²) in [5.74, 6) is 0.114. The first kappa shape index (κ1) is 13.8. The molecule has 1 aliphatic heterocycles. The fourth-order valence-corrected chi connectivity index (χ4v) is 2.16. The summed E-state index contributed by atoms with van der Waals surface area (Å²) in [4.78, 5) is 4.61. The predicted octanol–water partition coefficient (Wildman–Crippen LogP) is 0.739. The first-order chi connectivity index (χ1) is 9.16. The van der Waals surface area contributed by atoms with Crippen molar-refractivity contribution in [1.82, 2.24) is 4.90 Å². The molecule has 1 fully saturated rings. The minimum absolute atomic E-state index is 0.114. The Labute approximate surface area is 114 Å². The van der Waals surface area contributed by atoms with Gasteiger partial charge in [-0.05, 0) is 12.1 Å². The van der Waals surface area contributed by atoms with Crippen LogP contribution in [-0.4, -0.2) is 57.2 Å². The Hall–Kier alpha value is -1.59. The van der Waals surface area contributed by atoms with Crippen LogP contribution >= 0.6 is 0 Å². The van der Waals surface area contributed by atoms with Crippen molar-refractivity contribution in [1.29, 1.82) is 5.41 Å². The molecule has 0 atom stereocenters. The SMILES string of the molecule is CN(CCN1CCOCC1)c1cccc(C(=N)N)c1. The highest BCUT2D eigenvalue weighted by Crippen LogP contribution is 2.14. The van der Waals surface area contributed by atoms with Crippen LogP contribution < -0.4 is 10.6 Å². The van der Waals surface area contributed by atoms with E-state index in [1.807, 2.05) is 24.3 Å². The van der Waals surface area contributed by atoms with Gasteiger partial charge in [-0.1, -0.05) is 12.1 Å². The number of nitrogens with two attached hydrogens (primary N) is 1. The zero-order chi connectivity index (χ0) is 13.7. The lowest BCUT2D eigenvalue weighted by Gasteiger charge is -2.29. The maximum Gasteiger partial charge on any atom is 0.122 e. The van der Waals surface area contributed by atoms with Gasteiger partial charge >= 0.3 is 0 Å². The Morgan fingerprint density at radius 1 is 1.42 bits per heavy atom. The molecule has 0 radical (unpaired) electrons. The molecule has 0 amide bonds. The number of nitrogen functional groups attached to an aromatic ring is 1. The van der Waals surface area contributed by atoms with E-state index in [1.54, 1.807) is 0 Å². The Morgan fingerprint density at radius 3 is 2.84 bits per heavy atom. The third-order valence-corrected chi connectivity index (χ3v) is 3.45. The summed E-state index contributed by atoms with van der Waals surface area (Å²) in [6.45, 7) is 5.70. The van der Waals surface area contributed by atoms with E-state index < -0.39 is 0 Å². The second-order valence-corrected chi connectivity index (χ2v) is 4.84. The first-order valence-electron chi connectivity index (χ1n) is 6.62. The fraction of sp³-hybridized carbons (Fsp3) is 0.500. The van der Waals surface area contributed by atoms with Gasteiger partial charge in [0.2, 0.25) is 0 Å². The molecule has 5 heteroatoms. The quantitative estimate of drug-likeness (QED) is 0.607. The third-order valence-electron chi connectivity index (χ3n) is 3.45. The summed E-state index contributed by atoms with van der Waals surface area (Å²) in [5, 5.41) is 7.47. The van der Waals surface area contributed by atoms with Crippen molar-refractivity contribution in [2.75, 3.05) is 51.3 Å². The van der Waals surface area contributed by atoms with E-state index in [0.717, 1.165) is 50.6 Å². The van der Waals surface area contributed by atoms with Crippen molar-refractivity contribution in [2.24, 2.45) is 5.73 Å². The molecule has 1 saturated heterocycles. The minimum Gasteiger partial charge on any atom is -0.384 e. The van der Waals surface area contributed by atoms with Crippen LogP contribution in [0.4, 0.5) is 5.69 Å². The van der Waals surface area contributed by atoms with E-state index in [0.29, 0.717) is 0 Å². The molecule has 0 saturated carbocycles. The van der Waals surface area contributed by atoms with Crippen LogP contribution in [0.3, 0.4) is 0 Å². The highest BCUT2D eigenvalue weighted by Gasteiger charge is 2.11. The van der Waals surface area contributed by atoms with Gasteiger partial charge in [0.25, 0.3) is 0 Å². The Balaban J connectivity index is 1.89. The van der Waals surface area contributed by atoms with Gasteiger partial charge in [0, 0.05) is 44.5 Å². The van der Waals surface area contributed by atoms with Gasteiger partial charge in [0.1, 0.15) is 5.84 Å². The van der Waals surface area contributed by atoms with Gasteiger partial charge in [-0.25, -0.2) is 0 Å². The van der Waals surface area contributed by atoms with Crippen LogP contribution in [0.2, 0.25) is 0 Å². The molecule has 3 N–H and O–H groups in total. The fourth-order valence-electron chi connectivity index (χ4n) is 2.16. The van der Waals surface area contributed by atoms with Gasteiger partial charge in [-0.3, -0.25) is 10.3 Å².